The van der Waals surface area contributed by atoms with Crippen molar-refractivity contribution in [3.8, 4) is 5.88 Å². The number of nitrogen functional groups attached to an aromatic ring is 1. The van der Waals surface area contributed by atoms with Crippen molar-refractivity contribution in [2.24, 2.45) is 0 Å². The predicted molar refractivity (Wildman–Crippen MR) is 173 cm³/mol. The molecule has 2 N–H and O–H groups in total. The third kappa shape index (κ3) is 6.80. The zero-order chi connectivity index (χ0) is 33.5. The van der Waals surface area contributed by atoms with Gasteiger partial charge in [0.25, 0.3) is 28.6 Å². The van der Waals surface area contributed by atoms with Crippen molar-refractivity contribution in [2.45, 2.75) is 50.3 Å². The first-order valence-electron chi connectivity index (χ1n) is 14.2. The first-order chi connectivity index (χ1) is 21.5. The summed E-state index contributed by atoms with van der Waals surface area (Å²) in [7, 11) is -10.1. The van der Waals surface area contributed by atoms with Crippen molar-refractivity contribution in [3.63, 3.8) is 0 Å². The van der Waals surface area contributed by atoms with Gasteiger partial charge in [-0.05, 0) is 15.4 Å². The maximum Gasteiger partial charge on any atom is 0.264 e. The Hall–Kier alpha value is -3.45. The molecule has 0 bridgehead atoms. The number of nitrogens with zero attached hydrogens (tertiary/aromatic N) is 4. The zero-order valence-electron chi connectivity index (χ0n) is 26.2. The second-order valence-electron chi connectivity index (χ2n) is 12.0. The number of imidazole rings is 1. The number of fused-ring (bicyclic) bond motifs is 1. The van der Waals surface area contributed by atoms with Crippen molar-refractivity contribution in [3.05, 3.63) is 67.0 Å². The van der Waals surface area contributed by atoms with Gasteiger partial charge < -0.3 is 19.6 Å². The average Bonchev–Trinajstić information content (AvgIpc) is 3.52. The van der Waals surface area contributed by atoms with E-state index in [1.165, 1.54) is 18.0 Å². The van der Waals surface area contributed by atoms with Gasteiger partial charge in [0.05, 0.1) is 32.6 Å². The van der Waals surface area contributed by atoms with E-state index in [0.717, 1.165) is 22.9 Å². The Bertz CT molecular complexity index is 1860. The first-order valence-corrected chi connectivity index (χ1v) is 19.8. The van der Waals surface area contributed by atoms with Gasteiger partial charge in [0.2, 0.25) is 11.8 Å². The lowest BCUT2D eigenvalue weighted by molar-refractivity contribution is -0.0439. The summed E-state index contributed by atoms with van der Waals surface area (Å²) >= 11 is 0. The lowest BCUT2D eigenvalue weighted by Gasteiger charge is -2.43. The minimum Gasteiger partial charge on any atom is -0.479 e. The number of hydrogen-bond donors (Lipinski definition) is 1. The molecule has 3 heterocycles. The molecule has 1 aliphatic rings. The number of ether oxygens (including phenoxy) is 2. The summed E-state index contributed by atoms with van der Waals surface area (Å²) in [6, 6.07) is 19.6. The van der Waals surface area contributed by atoms with E-state index >= 15 is 0 Å². The van der Waals surface area contributed by atoms with Crippen LogP contribution in [0.25, 0.3) is 11.2 Å². The van der Waals surface area contributed by atoms with E-state index in [2.05, 4.69) is 35.7 Å². The molecule has 0 spiro atoms. The van der Waals surface area contributed by atoms with E-state index in [-0.39, 0.29) is 29.6 Å². The fourth-order valence-electron chi connectivity index (χ4n) is 5.89. The fraction of sp³-hybridized carbons (Fsp3) is 0.414. The van der Waals surface area contributed by atoms with Crippen LogP contribution >= 0.6 is 0 Å². The highest BCUT2D eigenvalue weighted by Crippen LogP contribution is 2.41. The summed E-state index contributed by atoms with van der Waals surface area (Å²) in [5.41, 5.74) is 6.27. The van der Waals surface area contributed by atoms with Crippen molar-refractivity contribution in [2.75, 3.05) is 32.0 Å². The Morgan fingerprint density at radius 1 is 0.891 bits per heavy atom. The average molecular weight is 692 g/mol. The molecule has 5 rings (SSSR count). The van der Waals surface area contributed by atoms with Crippen LogP contribution < -0.4 is 20.8 Å². The molecule has 0 unspecified atom stereocenters. The number of aromatic nitrogens is 4. The summed E-state index contributed by atoms with van der Waals surface area (Å²) in [4.78, 5) is 12.6. The molecule has 1 aliphatic heterocycles. The predicted octanol–water partition coefficient (Wildman–Crippen LogP) is 1.58. The molecule has 2 aromatic heterocycles. The Labute approximate surface area is 269 Å². The fourth-order valence-corrected chi connectivity index (χ4v) is 11.7. The Morgan fingerprint density at radius 3 is 1.93 bits per heavy atom. The van der Waals surface area contributed by atoms with Crippen LogP contribution in [-0.4, -0.2) is 89.2 Å². The molecular weight excluding hydrogens is 655 g/mol. The van der Waals surface area contributed by atoms with Crippen molar-refractivity contribution >= 4 is 56.0 Å². The molecule has 0 amide bonds. The van der Waals surface area contributed by atoms with E-state index in [1.54, 1.807) is 0 Å². The van der Waals surface area contributed by atoms with Crippen LogP contribution in [0.15, 0.2) is 67.0 Å². The monoisotopic (exact) mass is 691 g/mol. The highest BCUT2D eigenvalue weighted by molar-refractivity contribution is 7.86. The Morgan fingerprint density at radius 2 is 1.43 bits per heavy atom. The number of hydrogen-bond acceptors (Lipinski definition) is 13. The number of rotatable bonds is 11. The lowest BCUT2D eigenvalue weighted by atomic mass is 10.1. The van der Waals surface area contributed by atoms with Crippen molar-refractivity contribution in [1.82, 2.24) is 19.5 Å². The van der Waals surface area contributed by atoms with Gasteiger partial charge in [0.1, 0.15) is 12.2 Å². The molecular formula is C29H37N5O9S2Si. The number of anilines is 1. The van der Waals surface area contributed by atoms with Gasteiger partial charge in [-0.15, -0.1) is 0 Å². The van der Waals surface area contributed by atoms with Crippen LogP contribution in [0, 0.1) is 0 Å². The number of benzene rings is 2. The largest absolute Gasteiger partial charge is 0.479 e. The Kier molecular flexibility index (Phi) is 9.31. The highest BCUT2D eigenvalue weighted by Gasteiger charge is 2.55. The van der Waals surface area contributed by atoms with Crippen LogP contribution in [0.4, 0.5) is 5.95 Å². The molecule has 248 valence electrons. The maximum atomic E-state index is 12.6. The van der Waals surface area contributed by atoms with E-state index in [0.29, 0.717) is 0 Å². The topological polar surface area (TPSA) is 184 Å². The molecule has 46 heavy (non-hydrogen) atoms. The minimum atomic E-state index is -4.17. The van der Waals surface area contributed by atoms with Gasteiger partial charge in [0.15, 0.2) is 23.5 Å². The first kappa shape index (κ1) is 33.9. The summed E-state index contributed by atoms with van der Waals surface area (Å²) in [5.74, 6) is -0.0597. The van der Waals surface area contributed by atoms with Gasteiger partial charge >= 0.3 is 0 Å². The number of nitrogens with two attached hydrogens (primary N) is 1. The standard InChI is InChI=1S/C29H37N5O9S2Si/c1-29(2,3)46(19-13-9-7-10-14-19,20-15-11-8-12-16-20)40-17-21-23(42-44(5,35)36)24(43-45(6,37)38)27(41-21)34-18-31-22-25(34)32-28(30)33-26(22)39-4/h7-16,18,21,23-24,27H,17H2,1-6H3,(H2,30,32,33)/t21-,23-,24-,27-/m1/s1. The maximum absolute atomic E-state index is 12.6. The van der Waals surface area contributed by atoms with Gasteiger partial charge in [-0.1, -0.05) is 81.4 Å². The van der Waals surface area contributed by atoms with Crippen LogP contribution in [-0.2, 0) is 37.8 Å². The van der Waals surface area contributed by atoms with Crippen LogP contribution in [0.5, 0.6) is 5.88 Å². The third-order valence-electron chi connectivity index (χ3n) is 7.61. The van der Waals surface area contributed by atoms with Crippen LogP contribution in [0.3, 0.4) is 0 Å². The van der Waals surface area contributed by atoms with E-state index in [9.17, 15) is 16.8 Å². The minimum absolute atomic E-state index is 0.0790. The molecule has 1 saturated heterocycles. The van der Waals surface area contributed by atoms with Gasteiger partial charge in [-0.3, -0.25) is 12.9 Å². The molecule has 2 aromatic carbocycles. The Balaban J connectivity index is 1.64. The molecule has 4 atom stereocenters. The van der Waals surface area contributed by atoms with Crippen LogP contribution in [0.1, 0.15) is 27.0 Å². The second-order valence-corrected chi connectivity index (χ2v) is 19.5. The zero-order valence-corrected chi connectivity index (χ0v) is 28.9. The van der Waals surface area contributed by atoms with Gasteiger partial charge in [0, 0.05) is 0 Å². The highest BCUT2D eigenvalue weighted by atomic mass is 32.2. The van der Waals surface area contributed by atoms with Gasteiger partial charge in [-0.2, -0.15) is 26.8 Å². The molecule has 1 fully saturated rings. The van der Waals surface area contributed by atoms with Gasteiger partial charge in [-0.25, -0.2) is 4.98 Å². The molecule has 17 heteroatoms. The molecule has 0 saturated carbocycles. The van der Waals surface area contributed by atoms with Crippen molar-refractivity contribution in [1.29, 1.82) is 0 Å². The summed E-state index contributed by atoms with van der Waals surface area (Å²) in [6.45, 7) is 6.09. The van der Waals surface area contributed by atoms with Crippen molar-refractivity contribution < 1.29 is 39.1 Å². The molecule has 0 radical (unpaired) electrons. The quantitative estimate of drug-likeness (QED) is 0.177. The lowest BCUT2D eigenvalue weighted by Crippen LogP contribution is -2.67. The molecule has 0 aliphatic carbocycles. The summed E-state index contributed by atoms with van der Waals surface area (Å²) in [6.07, 6.45) is -2.34. The van der Waals surface area contributed by atoms with E-state index < -0.39 is 58.1 Å². The SMILES string of the molecule is COc1nc(N)nc2c1ncn2[C@@H]1O[C@H](CO[Si](c2ccccc2)(c2ccccc2)C(C)(C)C)[C@@H](OS(C)(=O)=O)[C@H]1OS(C)(=O)=O. The number of methoxy groups -OCH3 is 1. The van der Waals surface area contributed by atoms with Crippen LogP contribution in [0.2, 0.25) is 5.04 Å². The molecule has 14 nitrogen and oxygen atoms in total. The summed E-state index contributed by atoms with van der Waals surface area (Å²) < 4.78 is 81.4. The second kappa shape index (κ2) is 12.6. The smallest absolute Gasteiger partial charge is 0.264 e. The third-order valence-corrected chi connectivity index (χ3v) is 13.8. The van der Waals surface area contributed by atoms with E-state index in [4.69, 9.17) is 28.0 Å². The normalized spacial score (nSPS) is 21.1. The van der Waals surface area contributed by atoms with E-state index in [1.807, 2.05) is 60.7 Å². The summed E-state index contributed by atoms with van der Waals surface area (Å²) in [5, 5.41) is 1.54. The molecule has 4 aromatic rings.